The minimum atomic E-state index is -0.430. The van der Waals surface area contributed by atoms with Crippen molar-refractivity contribution in [2.45, 2.75) is 0 Å². The Hall–Kier alpha value is -3.94. The third kappa shape index (κ3) is 5.29. The van der Waals surface area contributed by atoms with Gasteiger partial charge in [-0.2, -0.15) is 0 Å². The lowest BCUT2D eigenvalue weighted by atomic mass is 10.3. The lowest BCUT2D eigenvalue weighted by Gasteiger charge is -2.11. The van der Waals surface area contributed by atoms with Crippen molar-refractivity contribution in [3.8, 4) is 28.9 Å². The molecule has 8 nitrogen and oxygen atoms in total. The van der Waals surface area contributed by atoms with Gasteiger partial charge in [0.15, 0.2) is 11.5 Å². The molecule has 2 amide bonds. The number of methoxy groups -OCH3 is 3. The molecule has 0 aliphatic carbocycles. The van der Waals surface area contributed by atoms with E-state index < -0.39 is 6.03 Å². The van der Waals surface area contributed by atoms with Crippen molar-refractivity contribution in [1.29, 1.82) is 0 Å². The molecule has 2 N–H and O–H groups in total. The molecule has 2 aromatic carbocycles. The van der Waals surface area contributed by atoms with Crippen molar-refractivity contribution in [2.24, 2.45) is 0 Å². The van der Waals surface area contributed by atoms with E-state index in [4.69, 9.17) is 18.9 Å². The van der Waals surface area contributed by atoms with Crippen molar-refractivity contribution >= 4 is 17.4 Å². The zero-order valence-electron chi connectivity index (χ0n) is 16.3. The number of carbonyl (C=O) groups is 1. The Morgan fingerprint density at radius 3 is 2.03 bits per heavy atom. The molecule has 3 aromatic rings. The van der Waals surface area contributed by atoms with Gasteiger partial charge in [-0.15, -0.1) is 0 Å². The Bertz CT molecular complexity index is 954. The van der Waals surface area contributed by atoms with Crippen molar-refractivity contribution in [2.75, 3.05) is 32.0 Å². The van der Waals surface area contributed by atoms with E-state index in [0.29, 0.717) is 40.3 Å². The number of ether oxygens (including phenoxy) is 4. The topological polar surface area (TPSA) is 90.9 Å². The van der Waals surface area contributed by atoms with Crippen LogP contribution in [0, 0.1) is 0 Å². The highest BCUT2D eigenvalue weighted by Gasteiger charge is 2.08. The number of aromatic nitrogens is 1. The number of amides is 2. The summed E-state index contributed by atoms with van der Waals surface area (Å²) in [6.45, 7) is 0. The van der Waals surface area contributed by atoms with Gasteiger partial charge >= 0.3 is 6.03 Å². The predicted molar refractivity (Wildman–Crippen MR) is 109 cm³/mol. The summed E-state index contributed by atoms with van der Waals surface area (Å²) >= 11 is 0. The van der Waals surface area contributed by atoms with Gasteiger partial charge in [-0.05, 0) is 18.2 Å². The molecular formula is C21H21N3O5. The molecular weight excluding hydrogens is 374 g/mol. The fourth-order valence-corrected chi connectivity index (χ4v) is 2.50. The van der Waals surface area contributed by atoms with Crippen molar-refractivity contribution in [1.82, 2.24) is 4.98 Å². The maximum Gasteiger partial charge on any atom is 0.323 e. The Kier molecular flexibility index (Phi) is 6.36. The number of nitrogens with one attached hydrogen (secondary N) is 2. The van der Waals surface area contributed by atoms with Crippen molar-refractivity contribution in [3.63, 3.8) is 0 Å². The Balaban J connectivity index is 1.63. The minimum Gasteiger partial charge on any atom is -0.497 e. The normalized spacial score (nSPS) is 10.0. The summed E-state index contributed by atoms with van der Waals surface area (Å²) in [5, 5.41) is 5.43. The van der Waals surface area contributed by atoms with Crippen LogP contribution in [0.2, 0.25) is 0 Å². The van der Waals surface area contributed by atoms with E-state index >= 15 is 0 Å². The molecule has 8 heteroatoms. The molecule has 3 rings (SSSR count). The standard InChI is InChI=1S/C21H21N3O5/c1-26-16-10-15(11-17(12-16)27-2)24-21(25)23-14-8-9-20(22-13-14)29-19-7-5-4-6-18(19)28-3/h4-13H,1-3H3,(H2,23,24,25). The second-order valence-corrected chi connectivity index (χ2v) is 5.82. The van der Waals surface area contributed by atoms with Crippen LogP contribution in [0.4, 0.5) is 16.2 Å². The monoisotopic (exact) mass is 395 g/mol. The van der Waals surface area contributed by atoms with Crippen LogP contribution in [0.1, 0.15) is 0 Å². The number of para-hydroxylation sites is 2. The summed E-state index contributed by atoms with van der Waals surface area (Å²) in [4.78, 5) is 16.5. The van der Waals surface area contributed by atoms with Gasteiger partial charge < -0.3 is 29.6 Å². The summed E-state index contributed by atoms with van der Waals surface area (Å²) in [5.41, 5.74) is 1.03. The van der Waals surface area contributed by atoms with Crippen LogP contribution in [-0.2, 0) is 0 Å². The Morgan fingerprint density at radius 2 is 1.45 bits per heavy atom. The van der Waals surface area contributed by atoms with Gasteiger partial charge in [-0.3, -0.25) is 0 Å². The molecule has 0 radical (unpaired) electrons. The highest BCUT2D eigenvalue weighted by molar-refractivity contribution is 5.99. The molecule has 0 fully saturated rings. The predicted octanol–water partition coefficient (Wildman–Crippen LogP) is 4.54. The quantitative estimate of drug-likeness (QED) is 0.610. The molecule has 150 valence electrons. The van der Waals surface area contributed by atoms with Gasteiger partial charge in [0, 0.05) is 30.0 Å². The smallest absolute Gasteiger partial charge is 0.323 e. The highest BCUT2D eigenvalue weighted by atomic mass is 16.5. The zero-order valence-corrected chi connectivity index (χ0v) is 16.3. The molecule has 0 aliphatic heterocycles. The molecule has 1 aromatic heterocycles. The zero-order chi connectivity index (χ0) is 20.6. The summed E-state index contributed by atoms with van der Waals surface area (Å²) in [5.74, 6) is 2.66. The number of urea groups is 1. The number of benzene rings is 2. The average molecular weight is 395 g/mol. The van der Waals surface area contributed by atoms with E-state index in [1.165, 1.54) is 6.20 Å². The minimum absolute atomic E-state index is 0.373. The van der Waals surface area contributed by atoms with Crippen LogP contribution in [0.3, 0.4) is 0 Å². The Morgan fingerprint density at radius 1 is 0.793 bits per heavy atom. The van der Waals surface area contributed by atoms with Gasteiger partial charge in [0.1, 0.15) is 11.5 Å². The van der Waals surface area contributed by atoms with Crippen molar-refractivity contribution in [3.05, 3.63) is 60.8 Å². The van der Waals surface area contributed by atoms with E-state index in [9.17, 15) is 4.79 Å². The molecule has 0 bridgehead atoms. The maximum atomic E-state index is 12.3. The average Bonchev–Trinajstić information content (AvgIpc) is 2.75. The van der Waals surface area contributed by atoms with Crippen LogP contribution in [0.25, 0.3) is 0 Å². The number of carbonyl (C=O) groups excluding carboxylic acids is 1. The fourth-order valence-electron chi connectivity index (χ4n) is 2.50. The molecule has 0 aliphatic rings. The van der Waals surface area contributed by atoms with E-state index in [0.717, 1.165) is 0 Å². The first-order valence-electron chi connectivity index (χ1n) is 8.69. The third-order valence-electron chi connectivity index (χ3n) is 3.89. The first kappa shape index (κ1) is 19.8. The van der Waals surface area contributed by atoms with Gasteiger partial charge in [-0.1, -0.05) is 12.1 Å². The first-order valence-corrected chi connectivity index (χ1v) is 8.69. The van der Waals surface area contributed by atoms with E-state index in [1.807, 2.05) is 12.1 Å². The molecule has 0 saturated heterocycles. The van der Waals surface area contributed by atoms with Crippen LogP contribution in [0.15, 0.2) is 60.8 Å². The van der Waals surface area contributed by atoms with Gasteiger partial charge in [0.2, 0.25) is 5.88 Å². The van der Waals surface area contributed by atoms with Crippen molar-refractivity contribution < 1.29 is 23.7 Å². The Labute approximate surface area is 168 Å². The molecule has 0 spiro atoms. The van der Waals surface area contributed by atoms with E-state index in [-0.39, 0.29) is 0 Å². The maximum absolute atomic E-state index is 12.3. The number of anilines is 2. The second-order valence-electron chi connectivity index (χ2n) is 5.82. The lowest BCUT2D eigenvalue weighted by Crippen LogP contribution is -2.19. The van der Waals surface area contributed by atoms with Crippen LogP contribution >= 0.6 is 0 Å². The number of hydrogen-bond acceptors (Lipinski definition) is 6. The molecule has 29 heavy (non-hydrogen) atoms. The van der Waals surface area contributed by atoms with Gasteiger partial charge in [0.05, 0.1) is 33.2 Å². The van der Waals surface area contributed by atoms with Gasteiger partial charge in [-0.25, -0.2) is 9.78 Å². The lowest BCUT2D eigenvalue weighted by molar-refractivity contribution is 0.262. The number of hydrogen-bond donors (Lipinski definition) is 2. The highest BCUT2D eigenvalue weighted by Crippen LogP contribution is 2.30. The van der Waals surface area contributed by atoms with E-state index in [1.54, 1.807) is 63.8 Å². The van der Waals surface area contributed by atoms with E-state index in [2.05, 4.69) is 15.6 Å². The van der Waals surface area contributed by atoms with Crippen LogP contribution < -0.4 is 29.6 Å². The number of pyridine rings is 1. The SMILES string of the molecule is COc1cc(NC(=O)Nc2ccc(Oc3ccccc3OC)nc2)cc(OC)c1. The first-order chi connectivity index (χ1) is 14.1. The largest absolute Gasteiger partial charge is 0.497 e. The number of rotatable bonds is 7. The summed E-state index contributed by atoms with van der Waals surface area (Å²) in [6, 6.07) is 15.3. The van der Waals surface area contributed by atoms with Gasteiger partial charge in [0.25, 0.3) is 0 Å². The van der Waals surface area contributed by atoms with Crippen LogP contribution in [0.5, 0.6) is 28.9 Å². The molecule has 0 unspecified atom stereocenters. The second kappa shape index (κ2) is 9.32. The summed E-state index contributed by atoms with van der Waals surface area (Å²) in [7, 11) is 4.65. The van der Waals surface area contributed by atoms with Crippen LogP contribution in [-0.4, -0.2) is 32.3 Å². The summed E-state index contributed by atoms with van der Waals surface area (Å²) < 4.78 is 21.3. The number of nitrogens with zero attached hydrogens (tertiary/aromatic N) is 1. The fraction of sp³-hybridized carbons (Fsp3) is 0.143. The third-order valence-corrected chi connectivity index (χ3v) is 3.89. The summed E-state index contributed by atoms with van der Waals surface area (Å²) in [6.07, 6.45) is 1.50. The molecule has 0 saturated carbocycles. The molecule has 1 heterocycles. The molecule has 0 atom stereocenters.